The molecular formula is C11H19ClN2O2. The second kappa shape index (κ2) is 4.90. The number of likely N-dealkylation sites (tertiary alicyclic amines) is 1. The Kier molecular flexibility index (Phi) is 3.72. The molecule has 0 radical (unpaired) electrons. The minimum atomic E-state index is 0. The van der Waals surface area contributed by atoms with Gasteiger partial charge in [0.1, 0.15) is 0 Å². The predicted octanol–water partition coefficient (Wildman–Crippen LogP) is 0.122. The molecule has 3 aliphatic heterocycles. The number of amides is 1. The number of halogens is 1. The maximum Gasteiger partial charge on any atom is 0.228 e. The zero-order valence-electron chi connectivity index (χ0n) is 9.35. The number of fused-ring (bicyclic) bond motifs is 1. The lowest BCUT2D eigenvalue weighted by molar-refractivity contribution is -0.134. The highest BCUT2D eigenvalue weighted by atomic mass is 35.5. The molecule has 16 heavy (non-hydrogen) atoms. The fourth-order valence-corrected chi connectivity index (χ4v) is 3.02. The number of nitrogens with one attached hydrogen (secondary N) is 1. The van der Waals surface area contributed by atoms with Gasteiger partial charge < -0.3 is 15.0 Å². The average molecular weight is 247 g/mol. The third kappa shape index (κ3) is 2.06. The fraction of sp³-hybridized carbons (Fsp3) is 0.909. The summed E-state index contributed by atoms with van der Waals surface area (Å²) in [6.45, 7) is 5.52. The molecule has 0 bridgehead atoms. The molecule has 5 heteroatoms. The van der Waals surface area contributed by atoms with Gasteiger partial charge in [-0.3, -0.25) is 4.79 Å². The Bertz CT molecular complexity index is 257. The molecule has 3 heterocycles. The van der Waals surface area contributed by atoms with Gasteiger partial charge in [0.25, 0.3) is 0 Å². The van der Waals surface area contributed by atoms with Crippen molar-refractivity contribution in [2.45, 2.75) is 6.42 Å². The van der Waals surface area contributed by atoms with Gasteiger partial charge in [0.15, 0.2) is 0 Å². The molecule has 0 aromatic heterocycles. The van der Waals surface area contributed by atoms with Crippen molar-refractivity contribution in [3.8, 4) is 0 Å². The first-order chi connectivity index (χ1) is 7.34. The van der Waals surface area contributed by atoms with Gasteiger partial charge in [-0.05, 0) is 18.3 Å². The van der Waals surface area contributed by atoms with Crippen LogP contribution < -0.4 is 5.32 Å². The van der Waals surface area contributed by atoms with E-state index in [4.69, 9.17) is 4.74 Å². The maximum absolute atomic E-state index is 12.1. The second-order valence-corrected chi connectivity index (χ2v) is 4.98. The minimum absolute atomic E-state index is 0. The molecule has 1 amide bonds. The van der Waals surface area contributed by atoms with Gasteiger partial charge in [-0.15, -0.1) is 12.4 Å². The Morgan fingerprint density at radius 1 is 1.25 bits per heavy atom. The van der Waals surface area contributed by atoms with Crippen LogP contribution in [-0.4, -0.2) is 50.2 Å². The van der Waals surface area contributed by atoms with Crippen LogP contribution in [0.3, 0.4) is 0 Å². The summed E-state index contributed by atoms with van der Waals surface area (Å²) in [5, 5.41) is 3.39. The topological polar surface area (TPSA) is 41.6 Å². The largest absolute Gasteiger partial charge is 0.381 e. The van der Waals surface area contributed by atoms with E-state index in [9.17, 15) is 4.79 Å². The number of rotatable bonds is 1. The summed E-state index contributed by atoms with van der Waals surface area (Å²) in [4.78, 5) is 14.2. The molecule has 1 N–H and O–H groups in total. The van der Waals surface area contributed by atoms with E-state index in [1.807, 2.05) is 0 Å². The van der Waals surface area contributed by atoms with Gasteiger partial charge in [0.2, 0.25) is 5.91 Å². The molecule has 4 nitrogen and oxygen atoms in total. The van der Waals surface area contributed by atoms with Crippen LogP contribution in [0.4, 0.5) is 0 Å². The number of hydrogen-bond donors (Lipinski definition) is 1. The van der Waals surface area contributed by atoms with Crippen LogP contribution >= 0.6 is 12.4 Å². The van der Waals surface area contributed by atoms with E-state index in [0.717, 1.165) is 39.2 Å². The van der Waals surface area contributed by atoms with Crippen LogP contribution in [0, 0.1) is 17.8 Å². The van der Waals surface area contributed by atoms with Crippen molar-refractivity contribution in [2.24, 2.45) is 17.8 Å². The van der Waals surface area contributed by atoms with Gasteiger partial charge in [-0.25, -0.2) is 0 Å². The number of ether oxygens (including phenoxy) is 1. The van der Waals surface area contributed by atoms with Crippen molar-refractivity contribution in [3.63, 3.8) is 0 Å². The normalized spacial score (nSPS) is 37.2. The minimum Gasteiger partial charge on any atom is -0.381 e. The Morgan fingerprint density at radius 3 is 2.50 bits per heavy atom. The summed E-state index contributed by atoms with van der Waals surface area (Å²) in [5.74, 6) is 1.89. The van der Waals surface area contributed by atoms with Gasteiger partial charge in [-0.1, -0.05) is 0 Å². The van der Waals surface area contributed by atoms with Gasteiger partial charge >= 0.3 is 0 Å². The molecule has 3 rings (SSSR count). The van der Waals surface area contributed by atoms with Crippen molar-refractivity contribution >= 4 is 18.3 Å². The van der Waals surface area contributed by atoms with Crippen LogP contribution in [0.1, 0.15) is 6.42 Å². The van der Waals surface area contributed by atoms with E-state index < -0.39 is 0 Å². The van der Waals surface area contributed by atoms with Crippen LogP contribution in [0.2, 0.25) is 0 Å². The molecule has 0 saturated carbocycles. The van der Waals surface area contributed by atoms with E-state index in [0.29, 0.717) is 24.3 Å². The van der Waals surface area contributed by atoms with Crippen LogP contribution in [-0.2, 0) is 9.53 Å². The summed E-state index contributed by atoms with van der Waals surface area (Å²) in [7, 11) is 0. The molecule has 1 unspecified atom stereocenters. The second-order valence-electron chi connectivity index (χ2n) is 4.98. The molecule has 3 atom stereocenters. The summed E-state index contributed by atoms with van der Waals surface area (Å²) >= 11 is 0. The summed E-state index contributed by atoms with van der Waals surface area (Å²) in [6.07, 6.45) is 0.920. The molecule has 3 fully saturated rings. The molecule has 0 aromatic rings. The van der Waals surface area contributed by atoms with Crippen molar-refractivity contribution in [3.05, 3.63) is 0 Å². The van der Waals surface area contributed by atoms with Crippen molar-refractivity contribution < 1.29 is 9.53 Å². The molecule has 0 aliphatic carbocycles. The van der Waals surface area contributed by atoms with Crippen LogP contribution in [0.5, 0.6) is 0 Å². The number of carbonyl (C=O) groups is 1. The van der Waals surface area contributed by atoms with E-state index in [1.165, 1.54) is 0 Å². The lowest BCUT2D eigenvalue weighted by Gasteiger charge is -2.20. The smallest absolute Gasteiger partial charge is 0.228 e. The highest BCUT2D eigenvalue weighted by Gasteiger charge is 2.40. The van der Waals surface area contributed by atoms with Crippen molar-refractivity contribution in [1.82, 2.24) is 10.2 Å². The lowest BCUT2D eigenvalue weighted by atomic mass is 10.0. The number of hydrogen-bond acceptors (Lipinski definition) is 3. The van der Waals surface area contributed by atoms with E-state index >= 15 is 0 Å². The standard InChI is InChI=1S/C11H18N2O2.ClH/c14-11(8-1-2-15-7-8)13-5-9-3-12-4-10(9)6-13;/h8-10,12H,1-7H2;1H/t8?,9-,10+;. The summed E-state index contributed by atoms with van der Waals surface area (Å²) in [5.41, 5.74) is 0. The molecule has 0 spiro atoms. The molecule has 92 valence electrons. The van der Waals surface area contributed by atoms with E-state index in [1.54, 1.807) is 0 Å². The Morgan fingerprint density at radius 2 is 1.94 bits per heavy atom. The van der Waals surface area contributed by atoms with Crippen molar-refractivity contribution in [2.75, 3.05) is 39.4 Å². The maximum atomic E-state index is 12.1. The number of carbonyl (C=O) groups excluding carboxylic acids is 1. The first-order valence-electron chi connectivity index (χ1n) is 5.92. The molecule has 3 aliphatic rings. The molecule has 3 saturated heterocycles. The van der Waals surface area contributed by atoms with E-state index in [-0.39, 0.29) is 18.3 Å². The third-order valence-electron chi connectivity index (χ3n) is 3.98. The van der Waals surface area contributed by atoms with Crippen LogP contribution in [0.25, 0.3) is 0 Å². The highest BCUT2D eigenvalue weighted by molar-refractivity contribution is 5.85. The molecular weight excluding hydrogens is 228 g/mol. The van der Waals surface area contributed by atoms with E-state index in [2.05, 4.69) is 10.2 Å². The van der Waals surface area contributed by atoms with Crippen molar-refractivity contribution in [1.29, 1.82) is 0 Å². The van der Waals surface area contributed by atoms with Crippen LogP contribution in [0.15, 0.2) is 0 Å². The molecule has 0 aromatic carbocycles. The predicted molar refractivity (Wildman–Crippen MR) is 62.6 cm³/mol. The quantitative estimate of drug-likeness (QED) is 0.715. The monoisotopic (exact) mass is 246 g/mol. The Labute approximate surface area is 102 Å². The summed E-state index contributed by atoms with van der Waals surface area (Å²) in [6, 6.07) is 0. The zero-order valence-corrected chi connectivity index (χ0v) is 10.2. The highest BCUT2D eigenvalue weighted by Crippen LogP contribution is 2.28. The Hall–Kier alpha value is -0.320. The third-order valence-corrected chi connectivity index (χ3v) is 3.98. The first-order valence-corrected chi connectivity index (χ1v) is 5.92. The van der Waals surface area contributed by atoms with Gasteiger partial charge in [-0.2, -0.15) is 0 Å². The average Bonchev–Trinajstić information content (AvgIpc) is 2.92. The fourth-order valence-electron chi connectivity index (χ4n) is 3.02. The summed E-state index contributed by atoms with van der Waals surface area (Å²) < 4.78 is 5.27. The number of nitrogens with zero attached hydrogens (tertiary/aromatic N) is 1. The van der Waals surface area contributed by atoms with Gasteiger partial charge in [0.05, 0.1) is 12.5 Å². The van der Waals surface area contributed by atoms with Gasteiger partial charge in [0, 0.05) is 32.8 Å². The lowest BCUT2D eigenvalue weighted by Crippen LogP contribution is -2.36. The SMILES string of the molecule is Cl.O=C(C1CCOC1)N1C[C@H]2CNC[C@H]2C1. The first kappa shape index (κ1) is 12.1. The Balaban J connectivity index is 0.000000963. The zero-order chi connectivity index (χ0) is 10.3.